The SMILES string of the molecule is COc1ccc(Br)cc1/C=C1\Oc2c3c(cc(C)c2C1=O)OCN(CCc1ccccc1OC)C3. The first-order chi connectivity index (χ1) is 17.0. The summed E-state index contributed by atoms with van der Waals surface area (Å²) in [5.41, 5.74) is 4.25. The Morgan fingerprint density at radius 3 is 2.69 bits per heavy atom. The van der Waals surface area contributed by atoms with Gasteiger partial charge in [0.25, 0.3) is 0 Å². The van der Waals surface area contributed by atoms with E-state index in [9.17, 15) is 4.79 Å². The molecule has 6 nitrogen and oxygen atoms in total. The molecule has 2 heterocycles. The van der Waals surface area contributed by atoms with Crippen LogP contribution in [0.5, 0.6) is 23.0 Å². The Balaban J connectivity index is 1.42. The van der Waals surface area contributed by atoms with E-state index in [1.807, 2.05) is 49.4 Å². The van der Waals surface area contributed by atoms with Crippen LogP contribution in [-0.2, 0) is 13.0 Å². The summed E-state index contributed by atoms with van der Waals surface area (Å²) in [6, 6.07) is 15.6. The van der Waals surface area contributed by atoms with Gasteiger partial charge in [-0.2, -0.15) is 0 Å². The Labute approximate surface area is 213 Å². The van der Waals surface area contributed by atoms with Crippen molar-refractivity contribution in [2.75, 3.05) is 27.5 Å². The van der Waals surface area contributed by atoms with Crippen molar-refractivity contribution < 1.29 is 23.7 Å². The number of Topliss-reactive ketones (excluding diaryl/α,β-unsaturated/α-hetero) is 1. The molecule has 0 aromatic heterocycles. The smallest absolute Gasteiger partial charge is 0.232 e. The van der Waals surface area contributed by atoms with Crippen LogP contribution in [0.3, 0.4) is 0 Å². The molecule has 2 aliphatic heterocycles. The van der Waals surface area contributed by atoms with E-state index < -0.39 is 0 Å². The van der Waals surface area contributed by atoms with Crippen LogP contribution in [0, 0.1) is 6.92 Å². The monoisotopic (exact) mass is 535 g/mol. The van der Waals surface area contributed by atoms with Crippen molar-refractivity contribution in [2.45, 2.75) is 19.9 Å². The molecule has 0 spiro atoms. The van der Waals surface area contributed by atoms with Gasteiger partial charge in [-0.05, 0) is 60.9 Å². The van der Waals surface area contributed by atoms with E-state index in [-0.39, 0.29) is 11.5 Å². The number of methoxy groups -OCH3 is 2. The van der Waals surface area contributed by atoms with Gasteiger partial charge in [0.2, 0.25) is 5.78 Å². The topological polar surface area (TPSA) is 57.2 Å². The zero-order valence-corrected chi connectivity index (χ0v) is 21.5. The Kier molecular flexibility index (Phi) is 6.54. The molecule has 180 valence electrons. The van der Waals surface area contributed by atoms with Crippen molar-refractivity contribution >= 4 is 27.8 Å². The molecule has 0 saturated carbocycles. The molecule has 0 fully saturated rings. The molecule has 2 aliphatic rings. The number of rotatable bonds is 6. The number of carbonyl (C=O) groups excluding carboxylic acids is 1. The van der Waals surface area contributed by atoms with E-state index in [1.54, 1.807) is 20.3 Å². The minimum atomic E-state index is -0.131. The maximum absolute atomic E-state index is 13.3. The number of para-hydroxylation sites is 1. The number of aryl methyl sites for hydroxylation is 1. The van der Waals surface area contributed by atoms with Crippen LogP contribution in [0.25, 0.3) is 6.08 Å². The number of allylic oxidation sites excluding steroid dienone is 1. The van der Waals surface area contributed by atoms with Crippen LogP contribution in [0.4, 0.5) is 0 Å². The molecular formula is C28H26BrNO5. The first kappa shape index (κ1) is 23.5. The number of nitrogens with zero attached hydrogens (tertiary/aromatic N) is 1. The Bertz CT molecular complexity index is 1330. The average Bonchev–Trinajstić information content (AvgIpc) is 3.20. The lowest BCUT2D eigenvalue weighted by molar-refractivity contribution is 0.0947. The number of hydrogen-bond acceptors (Lipinski definition) is 6. The average molecular weight is 536 g/mol. The van der Waals surface area contributed by atoms with Crippen LogP contribution in [0.1, 0.15) is 32.6 Å². The molecular weight excluding hydrogens is 510 g/mol. The highest BCUT2D eigenvalue weighted by Gasteiger charge is 2.35. The van der Waals surface area contributed by atoms with Crippen molar-refractivity contribution in [3.05, 3.63) is 86.6 Å². The number of benzene rings is 3. The van der Waals surface area contributed by atoms with Gasteiger partial charge in [-0.1, -0.05) is 34.1 Å². The van der Waals surface area contributed by atoms with Crippen molar-refractivity contribution in [3.8, 4) is 23.0 Å². The Hall–Kier alpha value is -3.29. The molecule has 7 heteroatoms. The van der Waals surface area contributed by atoms with Crippen molar-refractivity contribution in [1.29, 1.82) is 0 Å². The zero-order valence-electron chi connectivity index (χ0n) is 19.9. The maximum atomic E-state index is 13.3. The molecule has 35 heavy (non-hydrogen) atoms. The van der Waals surface area contributed by atoms with Gasteiger partial charge in [0.05, 0.1) is 25.3 Å². The highest BCUT2D eigenvalue weighted by atomic mass is 79.9. The third-order valence-corrected chi connectivity index (χ3v) is 6.85. The number of ether oxygens (including phenoxy) is 4. The minimum absolute atomic E-state index is 0.131. The van der Waals surface area contributed by atoms with E-state index in [2.05, 4.69) is 26.9 Å². The summed E-state index contributed by atoms with van der Waals surface area (Å²) in [5, 5.41) is 0. The van der Waals surface area contributed by atoms with Gasteiger partial charge in [0.1, 0.15) is 29.7 Å². The highest BCUT2D eigenvalue weighted by molar-refractivity contribution is 9.10. The summed E-state index contributed by atoms with van der Waals surface area (Å²) < 4.78 is 24.1. The van der Waals surface area contributed by atoms with Gasteiger partial charge in [-0.25, -0.2) is 0 Å². The molecule has 0 radical (unpaired) electrons. The molecule has 0 bridgehead atoms. The molecule has 0 saturated heterocycles. The summed E-state index contributed by atoms with van der Waals surface area (Å²) in [7, 11) is 3.29. The largest absolute Gasteiger partial charge is 0.496 e. The van der Waals surface area contributed by atoms with Gasteiger partial charge in [0, 0.05) is 23.1 Å². The van der Waals surface area contributed by atoms with Crippen molar-refractivity contribution in [3.63, 3.8) is 0 Å². The van der Waals surface area contributed by atoms with Gasteiger partial charge in [0.15, 0.2) is 5.76 Å². The number of hydrogen-bond donors (Lipinski definition) is 0. The lowest BCUT2D eigenvalue weighted by Crippen LogP contribution is -2.34. The molecule has 0 atom stereocenters. The summed E-state index contributed by atoms with van der Waals surface area (Å²) in [5.74, 6) is 3.05. The first-order valence-corrected chi connectivity index (χ1v) is 12.2. The van der Waals surface area contributed by atoms with E-state index in [4.69, 9.17) is 18.9 Å². The van der Waals surface area contributed by atoms with Crippen molar-refractivity contribution in [1.82, 2.24) is 4.90 Å². The summed E-state index contributed by atoms with van der Waals surface area (Å²) in [6.45, 7) is 3.81. The van der Waals surface area contributed by atoms with E-state index in [0.717, 1.165) is 51.2 Å². The highest BCUT2D eigenvalue weighted by Crippen LogP contribution is 2.44. The quantitative estimate of drug-likeness (QED) is 0.372. The van der Waals surface area contributed by atoms with Crippen LogP contribution in [0.15, 0.2) is 58.8 Å². The summed E-state index contributed by atoms with van der Waals surface area (Å²) in [6.07, 6.45) is 2.56. The van der Waals surface area contributed by atoms with Gasteiger partial charge in [-0.15, -0.1) is 0 Å². The Morgan fingerprint density at radius 1 is 1.09 bits per heavy atom. The van der Waals surface area contributed by atoms with Crippen LogP contribution in [-0.4, -0.2) is 38.2 Å². The fourth-order valence-corrected chi connectivity index (χ4v) is 4.95. The van der Waals surface area contributed by atoms with Gasteiger partial charge in [-0.3, -0.25) is 9.69 Å². The van der Waals surface area contributed by atoms with E-state index in [1.165, 1.54) is 0 Å². The number of fused-ring (bicyclic) bond motifs is 3. The van der Waals surface area contributed by atoms with Crippen LogP contribution in [0.2, 0.25) is 0 Å². The lowest BCUT2D eigenvalue weighted by Gasteiger charge is -2.30. The predicted molar refractivity (Wildman–Crippen MR) is 137 cm³/mol. The van der Waals surface area contributed by atoms with Crippen LogP contribution >= 0.6 is 15.9 Å². The predicted octanol–water partition coefficient (Wildman–Crippen LogP) is 5.79. The second-order valence-corrected chi connectivity index (χ2v) is 9.50. The molecule has 5 rings (SSSR count). The Morgan fingerprint density at radius 2 is 1.89 bits per heavy atom. The normalized spacial score (nSPS) is 15.9. The fourth-order valence-electron chi connectivity index (χ4n) is 4.57. The fraction of sp³-hybridized carbons (Fsp3) is 0.250. The third kappa shape index (κ3) is 4.54. The molecule has 0 aliphatic carbocycles. The van der Waals surface area contributed by atoms with Crippen LogP contribution < -0.4 is 18.9 Å². The lowest BCUT2D eigenvalue weighted by atomic mass is 9.98. The van der Waals surface area contributed by atoms with E-state index >= 15 is 0 Å². The van der Waals surface area contributed by atoms with Gasteiger partial charge < -0.3 is 18.9 Å². The second kappa shape index (κ2) is 9.76. The number of carbonyl (C=O) groups is 1. The maximum Gasteiger partial charge on any atom is 0.232 e. The second-order valence-electron chi connectivity index (χ2n) is 8.59. The standard InChI is InChI=1S/C28H26BrNO5/c1-17-12-24-21(15-30(16-34-24)11-10-18-6-4-5-7-22(18)32-2)28-26(17)27(31)25(35-28)14-19-13-20(29)8-9-23(19)33-3/h4-9,12-14H,10-11,15-16H2,1-3H3/b25-14-. The molecule has 0 N–H and O–H groups in total. The van der Waals surface area contributed by atoms with Crippen molar-refractivity contribution in [2.24, 2.45) is 0 Å². The third-order valence-electron chi connectivity index (χ3n) is 6.36. The number of ketones is 1. The van der Waals surface area contributed by atoms with Gasteiger partial charge >= 0.3 is 0 Å². The molecule has 3 aromatic rings. The summed E-state index contributed by atoms with van der Waals surface area (Å²) >= 11 is 3.49. The zero-order chi connectivity index (χ0) is 24.5. The minimum Gasteiger partial charge on any atom is -0.496 e. The molecule has 0 unspecified atom stereocenters. The summed E-state index contributed by atoms with van der Waals surface area (Å²) in [4.78, 5) is 15.5. The van der Waals surface area contributed by atoms with E-state index in [0.29, 0.717) is 30.3 Å². The first-order valence-electron chi connectivity index (χ1n) is 11.4. The number of halogens is 1. The molecule has 3 aromatic carbocycles. The molecule has 0 amide bonds.